The Balaban J connectivity index is 2.18. The van der Waals surface area contributed by atoms with Gasteiger partial charge in [0.25, 0.3) is 0 Å². The molecular formula is C14H10Br2F2. The Morgan fingerprint density at radius 3 is 2.33 bits per heavy atom. The van der Waals surface area contributed by atoms with Crippen LogP contribution in [0.15, 0.2) is 46.9 Å². The Hall–Kier alpha value is -0.740. The molecule has 0 fully saturated rings. The van der Waals surface area contributed by atoms with Crippen LogP contribution < -0.4 is 0 Å². The lowest BCUT2D eigenvalue weighted by Gasteiger charge is -2.11. The standard InChI is InChI=1S/C14H10Br2F2/c15-11-6-4-9(5-7-11)12(16)8-10-2-1-3-13(17)14(10)18/h1-7,12H,8H2. The summed E-state index contributed by atoms with van der Waals surface area (Å²) in [6.45, 7) is 0. The quantitative estimate of drug-likeness (QED) is 0.629. The van der Waals surface area contributed by atoms with Gasteiger partial charge in [0.15, 0.2) is 11.6 Å². The van der Waals surface area contributed by atoms with E-state index in [0.717, 1.165) is 16.1 Å². The second-order valence-electron chi connectivity index (χ2n) is 3.94. The van der Waals surface area contributed by atoms with Gasteiger partial charge in [-0.15, -0.1) is 0 Å². The van der Waals surface area contributed by atoms with E-state index in [4.69, 9.17) is 0 Å². The molecule has 0 aliphatic heterocycles. The SMILES string of the molecule is Fc1cccc(CC(Br)c2ccc(Br)cc2)c1F. The lowest BCUT2D eigenvalue weighted by atomic mass is 10.0. The molecule has 2 aromatic carbocycles. The zero-order chi connectivity index (χ0) is 13.1. The van der Waals surface area contributed by atoms with Crippen LogP contribution in [-0.4, -0.2) is 0 Å². The van der Waals surface area contributed by atoms with Crippen molar-refractivity contribution >= 4 is 31.9 Å². The minimum Gasteiger partial charge on any atom is -0.204 e. The van der Waals surface area contributed by atoms with E-state index in [0.29, 0.717) is 12.0 Å². The highest BCUT2D eigenvalue weighted by atomic mass is 79.9. The van der Waals surface area contributed by atoms with Crippen molar-refractivity contribution < 1.29 is 8.78 Å². The first-order valence-corrected chi connectivity index (χ1v) is 7.11. The Bertz CT molecular complexity index is 538. The minimum atomic E-state index is -0.803. The molecule has 0 spiro atoms. The lowest BCUT2D eigenvalue weighted by Crippen LogP contribution is -1.99. The Morgan fingerprint density at radius 2 is 1.67 bits per heavy atom. The van der Waals surface area contributed by atoms with Crippen molar-refractivity contribution in [3.63, 3.8) is 0 Å². The topological polar surface area (TPSA) is 0 Å². The van der Waals surface area contributed by atoms with Crippen LogP contribution in [0.3, 0.4) is 0 Å². The number of hydrogen-bond acceptors (Lipinski definition) is 0. The van der Waals surface area contributed by atoms with E-state index in [1.165, 1.54) is 6.07 Å². The molecule has 1 unspecified atom stereocenters. The van der Waals surface area contributed by atoms with Crippen molar-refractivity contribution in [2.75, 3.05) is 0 Å². The molecule has 0 N–H and O–H groups in total. The van der Waals surface area contributed by atoms with Crippen LogP contribution in [-0.2, 0) is 6.42 Å². The fourth-order valence-electron chi connectivity index (χ4n) is 1.69. The molecule has 0 bridgehead atoms. The van der Waals surface area contributed by atoms with Crippen LogP contribution >= 0.6 is 31.9 Å². The van der Waals surface area contributed by atoms with Crippen molar-refractivity contribution in [3.8, 4) is 0 Å². The maximum atomic E-state index is 13.5. The molecule has 1 atom stereocenters. The van der Waals surface area contributed by atoms with Gasteiger partial charge in [-0.1, -0.05) is 56.1 Å². The third kappa shape index (κ3) is 3.18. The smallest absolute Gasteiger partial charge is 0.162 e. The maximum absolute atomic E-state index is 13.5. The Morgan fingerprint density at radius 1 is 1.00 bits per heavy atom. The van der Waals surface area contributed by atoms with Gasteiger partial charge in [-0.3, -0.25) is 0 Å². The normalized spacial score (nSPS) is 12.4. The third-order valence-corrected chi connectivity index (χ3v) is 4.04. The number of benzene rings is 2. The number of halogens is 4. The van der Waals surface area contributed by atoms with E-state index in [2.05, 4.69) is 31.9 Å². The fraction of sp³-hybridized carbons (Fsp3) is 0.143. The maximum Gasteiger partial charge on any atom is 0.162 e. The van der Waals surface area contributed by atoms with Gasteiger partial charge in [-0.25, -0.2) is 8.78 Å². The van der Waals surface area contributed by atoms with E-state index >= 15 is 0 Å². The summed E-state index contributed by atoms with van der Waals surface area (Å²) in [6, 6.07) is 12.0. The molecule has 0 saturated carbocycles. The summed E-state index contributed by atoms with van der Waals surface area (Å²) in [5.41, 5.74) is 1.40. The zero-order valence-corrected chi connectivity index (χ0v) is 12.5. The highest BCUT2D eigenvalue weighted by Crippen LogP contribution is 2.29. The van der Waals surface area contributed by atoms with Gasteiger partial charge in [-0.2, -0.15) is 0 Å². The molecule has 94 valence electrons. The zero-order valence-electron chi connectivity index (χ0n) is 9.34. The molecule has 4 heteroatoms. The first kappa shape index (κ1) is 13.7. The Kier molecular flexibility index (Phi) is 4.51. The number of alkyl halides is 1. The van der Waals surface area contributed by atoms with Crippen molar-refractivity contribution in [3.05, 3.63) is 69.7 Å². The molecule has 0 nitrogen and oxygen atoms in total. The molecule has 0 amide bonds. The Labute approximate surface area is 121 Å². The van der Waals surface area contributed by atoms with Gasteiger partial charge < -0.3 is 0 Å². The summed E-state index contributed by atoms with van der Waals surface area (Å²) >= 11 is 6.86. The van der Waals surface area contributed by atoms with E-state index in [1.54, 1.807) is 6.07 Å². The molecule has 0 aromatic heterocycles. The lowest BCUT2D eigenvalue weighted by molar-refractivity contribution is 0.498. The molecule has 18 heavy (non-hydrogen) atoms. The van der Waals surface area contributed by atoms with E-state index in [-0.39, 0.29) is 4.83 Å². The van der Waals surface area contributed by atoms with Crippen LogP contribution in [0.25, 0.3) is 0 Å². The summed E-state index contributed by atoms with van der Waals surface area (Å²) < 4.78 is 27.6. The monoisotopic (exact) mass is 374 g/mol. The van der Waals surface area contributed by atoms with E-state index < -0.39 is 11.6 Å². The highest BCUT2D eigenvalue weighted by molar-refractivity contribution is 9.10. The summed E-state index contributed by atoms with van der Waals surface area (Å²) in [6.07, 6.45) is 0.408. The van der Waals surface area contributed by atoms with E-state index in [9.17, 15) is 8.78 Å². The molecule has 0 aliphatic carbocycles. The molecular weight excluding hydrogens is 366 g/mol. The first-order chi connectivity index (χ1) is 8.58. The fourth-order valence-corrected chi connectivity index (χ4v) is 2.61. The van der Waals surface area contributed by atoms with Crippen LogP contribution in [0.1, 0.15) is 16.0 Å². The molecule has 0 aliphatic rings. The summed E-state index contributed by atoms with van der Waals surface area (Å²) in [4.78, 5) is -0.0399. The van der Waals surface area contributed by atoms with Crippen molar-refractivity contribution in [1.29, 1.82) is 0 Å². The molecule has 0 radical (unpaired) electrons. The minimum absolute atomic E-state index is 0.0399. The van der Waals surface area contributed by atoms with Gasteiger partial charge in [-0.05, 0) is 35.7 Å². The second kappa shape index (κ2) is 5.93. The largest absolute Gasteiger partial charge is 0.204 e. The summed E-state index contributed by atoms with van der Waals surface area (Å²) in [5.74, 6) is -1.57. The second-order valence-corrected chi connectivity index (χ2v) is 5.96. The summed E-state index contributed by atoms with van der Waals surface area (Å²) in [7, 11) is 0. The van der Waals surface area contributed by atoms with Gasteiger partial charge in [0, 0.05) is 9.30 Å². The number of hydrogen-bond donors (Lipinski definition) is 0. The van der Waals surface area contributed by atoms with Crippen LogP contribution in [0.4, 0.5) is 8.78 Å². The summed E-state index contributed by atoms with van der Waals surface area (Å²) in [5, 5.41) is 0. The highest BCUT2D eigenvalue weighted by Gasteiger charge is 2.13. The van der Waals surface area contributed by atoms with E-state index in [1.807, 2.05) is 24.3 Å². The predicted octanol–water partition coefficient (Wildman–Crippen LogP) is 5.41. The van der Waals surface area contributed by atoms with Crippen LogP contribution in [0.2, 0.25) is 0 Å². The van der Waals surface area contributed by atoms with Gasteiger partial charge in [0.05, 0.1) is 0 Å². The third-order valence-electron chi connectivity index (χ3n) is 2.66. The van der Waals surface area contributed by atoms with Crippen LogP contribution in [0, 0.1) is 11.6 Å². The van der Waals surface area contributed by atoms with Gasteiger partial charge in [0.1, 0.15) is 0 Å². The molecule has 0 saturated heterocycles. The van der Waals surface area contributed by atoms with Gasteiger partial charge in [0.2, 0.25) is 0 Å². The van der Waals surface area contributed by atoms with Crippen molar-refractivity contribution in [2.45, 2.75) is 11.2 Å². The molecule has 0 heterocycles. The molecule has 2 aromatic rings. The van der Waals surface area contributed by atoms with Crippen molar-refractivity contribution in [2.24, 2.45) is 0 Å². The predicted molar refractivity (Wildman–Crippen MR) is 75.9 cm³/mol. The number of rotatable bonds is 3. The van der Waals surface area contributed by atoms with Gasteiger partial charge >= 0.3 is 0 Å². The average molecular weight is 376 g/mol. The first-order valence-electron chi connectivity index (χ1n) is 5.40. The van der Waals surface area contributed by atoms with Crippen LogP contribution in [0.5, 0.6) is 0 Å². The van der Waals surface area contributed by atoms with Crippen molar-refractivity contribution in [1.82, 2.24) is 0 Å². The average Bonchev–Trinajstić information content (AvgIpc) is 2.36. The molecule has 2 rings (SSSR count).